The highest BCUT2D eigenvalue weighted by Gasteiger charge is 2.32. The minimum absolute atomic E-state index is 0.141. The van der Waals surface area contributed by atoms with Gasteiger partial charge in [0, 0.05) is 6.20 Å². The number of nitrogen functional groups attached to an aromatic ring is 1. The molecular weight excluding hydrogens is 359 g/mol. The van der Waals surface area contributed by atoms with Crippen LogP contribution in [0.15, 0.2) is 24.4 Å². The lowest BCUT2D eigenvalue weighted by atomic mass is 10.1. The zero-order valence-electron chi connectivity index (χ0n) is 13.0. The summed E-state index contributed by atoms with van der Waals surface area (Å²) in [5.41, 5.74) is 4.14. The third-order valence-electron chi connectivity index (χ3n) is 3.24. The molecule has 0 aliphatic rings. The number of anilines is 1. The van der Waals surface area contributed by atoms with Crippen molar-refractivity contribution >= 4 is 17.6 Å². The number of hydrogen-bond acceptors (Lipinski definition) is 6. The number of carboxylic acids is 1. The number of benzene rings is 1. The average Bonchev–Trinajstić information content (AvgIpc) is 2.89. The van der Waals surface area contributed by atoms with Crippen LogP contribution < -0.4 is 10.5 Å². The van der Waals surface area contributed by atoms with Gasteiger partial charge in [0.2, 0.25) is 0 Å². The first-order valence-electron chi connectivity index (χ1n) is 6.71. The molecule has 0 aliphatic carbocycles. The number of nitriles is 1. The number of aromatic carboxylic acids is 1. The van der Waals surface area contributed by atoms with E-state index in [0.29, 0.717) is 6.07 Å². The number of esters is 1. The number of carbonyl (C=O) groups is 2. The van der Waals surface area contributed by atoms with Crippen LogP contribution in [0.4, 0.5) is 18.9 Å². The fourth-order valence-electron chi connectivity index (χ4n) is 2.20. The zero-order chi connectivity index (χ0) is 19.6. The van der Waals surface area contributed by atoms with Crippen molar-refractivity contribution in [3.05, 3.63) is 41.2 Å². The molecule has 136 valence electrons. The van der Waals surface area contributed by atoms with Crippen LogP contribution >= 0.6 is 0 Å². The van der Waals surface area contributed by atoms with Crippen molar-refractivity contribution in [2.24, 2.45) is 0 Å². The first-order chi connectivity index (χ1) is 12.1. The van der Waals surface area contributed by atoms with E-state index in [1.54, 1.807) is 6.07 Å². The number of ether oxygens (including phenoxy) is 2. The van der Waals surface area contributed by atoms with E-state index in [1.165, 1.54) is 0 Å². The summed E-state index contributed by atoms with van der Waals surface area (Å²) < 4.78 is 46.2. The number of aromatic nitrogens is 1. The molecule has 26 heavy (non-hydrogen) atoms. The van der Waals surface area contributed by atoms with E-state index in [9.17, 15) is 27.9 Å². The van der Waals surface area contributed by atoms with Gasteiger partial charge in [-0.05, 0) is 18.2 Å². The molecule has 2 rings (SSSR count). The third kappa shape index (κ3) is 3.54. The van der Waals surface area contributed by atoms with Gasteiger partial charge >= 0.3 is 18.3 Å². The van der Waals surface area contributed by atoms with Crippen LogP contribution in [-0.2, 0) is 4.74 Å². The molecule has 0 bridgehead atoms. The highest BCUT2D eigenvalue weighted by molar-refractivity contribution is 5.98. The second kappa shape index (κ2) is 6.67. The summed E-state index contributed by atoms with van der Waals surface area (Å²) in [5, 5.41) is 18.4. The number of methoxy groups -OCH3 is 1. The summed E-state index contributed by atoms with van der Waals surface area (Å²) in [4.78, 5) is 23.4. The molecule has 0 saturated heterocycles. The van der Waals surface area contributed by atoms with Crippen molar-refractivity contribution in [3.63, 3.8) is 0 Å². The molecule has 11 heteroatoms. The van der Waals surface area contributed by atoms with Crippen molar-refractivity contribution < 1.29 is 37.3 Å². The number of carbonyl (C=O) groups excluding carboxylic acids is 1. The second-order valence-corrected chi connectivity index (χ2v) is 4.81. The summed E-state index contributed by atoms with van der Waals surface area (Å²) in [7, 11) is 1.05. The Labute approximate surface area is 143 Å². The summed E-state index contributed by atoms with van der Waals surface area (Å²) in [6, 6.07) is 4.20. The van der Waals surface area contributed by atoms with Crippen LogP contribution in [0.2, 0.25) is 0 Å². The topological polar surface area (TPSA) is 128 Å². The van der Waals surface area contributed by atoms with Gasteiger partial charge in [0.15, 0.2) is 5.69 Å². The Morgan fingerprint density at radius 1 is 1.35 bits per heavy atom. The molecular formula is C15H10F3N3O5. The molecule has 0 radical (unpaired) electrons. The minimum atomic E-state index is -5.01. The van der Waals surface area contributed by atoms with E-state index in [1.807, 2.05) is 0 Å². The van der Waals surface area contributed by atoms with E-state index in [4.69, 9.17) is 11.0 Å². The Morgan fingerprint density at radius 3 is 2.50 bits per heavy atom. The van der Waals surface area contributed by atoms with Crippen LogP contribution in [-0.4, -0.2) is 35.1 Å². The first kappa shape index (κ1) is 18.7. The van der Waals surface area contributed by atoms with Gasteiger partial charge in [0.05, 0.1) is 29.6 Å². The van der Waals surface area contributed by atoms with E-state index < -0.39 is 29.6 Å². The Kier molecular flexibility index (Phi) is 4.79. The number of carboxylic acid groups (broad SMARTS) is 1. The minimum Gasteiger partial charge on any atom is -0.478 e. The molecule has 1 aromatic carbocycles. The molecule has 0 atom stereocenters. The molecule has 0 fully saturated rings. The number of rotatable bonds is 4. The molecule has 0 aliphatic heterocycles. The molecule has 0 amide bonds. The van der Waals surface area contributed by atoms with Crippen LogP contribution in [0.25, 0.3) is 5.69 Å². The first-order valence-corrected chi connectivity index (χ1v) is 6.71. The quantitative estimate of drug-likeness (QED) is 0.792. The monoisotopic (exact) mass is 369 g/mol. The molecule has 1 heterocycles. The maximum absolute atomic E-state index is 12.3. The smallest absolute Gasteiger partial charge is 0.478 e. The van der Waals surface area contributed by atoms with Crippen LogP contribution in [0.5, 0.6) is 5.75 Å². The lowest BCUT2D eigenvalue weighted by molar-refractivity contribution is -0.274. The second-order valence-electron chi connectivity index (χ2n) is 4.81. The van der Waals surface area contributed by atoms with Gasteiger partial charge in [0.1, 0.15) is 11.8 Å². The predicted octanol–water partition coefficient (Wildman–Crippen LogP) is 2.31. The maximum atomic E-state index is 12.3. The number of hydrogen-bond donors (Lipinski definition) is 2. The normalized spacial score (nSPS) is 10.9. The molecule has 0 spiro atoms. The maximum Gasteiger partial charge on any atom is 0.573 e. The van der Waals surface area contributed by atoms with Gasteiger partial charge in [0.25, 0.3) is 0 Å². The zero-order valence-corrected chi connectivity index (χ0v) is 13.0. The van der Waals surface area contributed by atoms with E-state index >= 15 is 0 Å². The number of nitrogens with zero attached hydrogens (tertiary/aromatic N) is 2. The highest BCUT2D eigenvalue weighted by Crippen LogP contribution is 2.30. The van der Waals surface area contributed by atoms with Crippen LogP contribution in [0.3, 0.4) is 0 Å². The van der Waals surface area contributed by atoms with Crippen LogP contribution in [0.1, 0.15) is 26.4 Å². The largest absolute Gasteiger partial charge is 0.573 e. The fraction of sp³-hybridized carbons (Fsp3) is 0.133. The Morgan fingerprint density at radius 2 is 2.00 bits per heavy atom. The van der Waals surface area contributed by atoms with Gasteiger partial charge in [-0.2, -0.15) is 5.26 Å². The Hall–Kier alpha value is -3.68. The Balaban J connectivity index is 2.71. The SMILES string of the molecule is COC(=O)c1c(N)c(C#N)cn1-c1ccc(OC(F)(F)F)cc1C(=O)O. The van der Waals surface area contributed by atoms with E-state index in [0.717, 1.165) is 30.0 Å². The summed E-state index contributed by atoms with van der Waals surface area (Å²) in [6.45, 7) is 0. The van der Waals surface area contributed by atoms with E-state index in [2.05, 4.69) is 9.47 Å². The van der Waals surface area contributed by atoms with Gasteiger partial charge in [-0.1, -0.05) is 0 Å². The van der Waals surface area contributed by atoms with E-state index in [-0.39, 0.29) is 22.6 Å². The average molecular weight is 369 g/mol. The lowest BCUT2D eigenvalue weighted by Gasteiger charge is -2.14. The van der Waals surface area contributed by atoms with Crippen LogP contribution in [0, 0.1) is 11.3 Å². The fourth-order valence-corrected chi connectivity index (χ4v) is 2.20. The molecule has 3 N–H and O–H groups in total. The molecule has 0 saturated carbocycles. The number of alkyl halides is 3. The van der Waals surface area contributed by atoms with Crippen molar-refractivity contribution in [1.82, 2.24) is 4.57 Å². The molecule has 8 nitrogen and oxygen atoms in total. The highest BCUT2D eigenvalue weighted by atomic mass is 19.4. The van der Waals surface area contributed by atoms with Gasteiger partial charge in [-0.3, -0.25) is 0 Å². The van der Waals surface area contributed by atoms with Crippen molar-refractivity contribution in [2.45, 2.75) is 6.36 Å². The third-order valence-corrected chi connectivity index (χ3v) is 3.24. The Bertz CT molecular complexity index is 928. The molecule has 0 unspecified atom stereocenters. The molecule has 1 aromatic heterocycles. The predicted molar refractivity (Wildman–Crippen MR) is 79.9 cm³/mol. The van der Waals surface area contributed by atoms with Crippen molar-refractivity contribution in [3.8, 4) is 17.5 Å². The van der Waals surface area contributed by atoms with Gasteiger partial charge in [-0.25, -0.2) is 9.59 Å². The number of nitrogens with two attached hydrogens (primary N) is 1. The summed E-state index contributed by atoms with van der Waals surface area (Å²) in [5.74, 6) is -3.32. The molecule has 2 aromatic rings. The van der Waals surface area contributed by atoms with Crippen molar-refractivity contribution in [2.75, 3.05) is 12.8 Å². The van der Waals surface area contributed by atoms with Gasteiger partial charge in [-0.15, -0.1) is 13.2 Å². The van der Waals surface area contributed by atoms with Gasteiger partial charge < -0.3 is 24.9 Å². The summed E-state index contributed by atoms with van der Waals surface area (Å²) in [6.07, 6.45) is -3.94. The standard InChI is InChI=1S/C15H10F3N3O5/c1-25-14(24)12-11(20)7(5-19)6-21(12)10-3-2-8(26-15(16,17)18)4-9(10)13(22)23/h2-4,6H,20H2,1H3,(H,22,23). The van der Waals surface area contributed by atoms with Crippen molar-refractivity contribution in [1.29, 1.82) is 5.26 Å². The summed E-state index contributed by atoms with van der Waals surface area (Å²) >= 11 is 0. The number of halogens is 3. The lowest BCUT2D eigenvalue weighted by Crippen LogP contribution is -2.18.